The molecule has 0 heterocycles. The molecule has 2 nitrogen and oxygen atoms in total. The summed E-state index contributed by atoms with van der Waals surface area (Å²) in [5, 5.41) is 4.24. The molecule has 0 spiro atoms. The van der Waals surface area contributed by atoms with E-state index in [1.807, 2.05) is 0 Å². The molecule has 1 aliphatic carbocycles. The highest BCUT2D eigenvalue weighted by molar-refractivity contribution is 6.33. The summed E-state index contributed by atoms with van der Waals surface area (Å²) >= 11 is 6.48. The van der Waals surface area contributed by atoms with Gasteiger partial charge in [-0.1, -0.05) is 37.9 Å². The number of hydrogen-bond acceptors (Lipinski definition) is 2. The molecule has 1 aliphatic rings. The van der Waals surface area contributed by atoms with Crippen LogP contribution in [0.3, 0.4) is 0 Å². The average molecular weight is 281 g/mol. The molecule has 106 valence electrons. The van der Waals surface area contributed by atoms with E-state index in [4.69, 9.17) is 11.6 Å². The smallest absolute Gasteiger partial charge is 0.0642 e. The number of unbranched alkanes of at least 4 members (excludes halogenated alkanes) is 1. The molecule has 0 amide bonds. The lowest BCUT2D eigenvalue weighted by molar-refractivity contribution is 0.711. The molecular formula is C16H25ClN2. The fourth-order valence-corrected chi connectivity index (χ4v) is 2.69. The van der Waals surface area contributed by atoms with E-state index in [1.54, 1.807) is 0 Å². The van der Waals surface area contributed by atoms with Gasteiger partial charge in [0.1, 0.15) is 0 Å². The van der Waals surface area contributed by atoms with Crippen molar-refractivity contribution < 1.29 is 0 Å². The van der Waals surface area contributed by atoms with Crippen molar-refractivity contribution in [2.75, 3.05) is 18.0 Å². The van der Waals surface area contributed by atoms with Crippen molar-refractivity contribution in [3.63, 3.8) is 0 Å². The molecule has 1 aromatic rings. The van der Waals surface area contributed by atoms with Crippen LogP contribution >= 0.6 is 11.6 Å². The minimum absolute atomic E-state index is 0.726. The first-order valence-corrected chi connectivity index (χ1v) is 7.89. The van der Waals surface area contributed by atoms with Crippen molar-refractivity contribution in [1.82, 2.24) is 5.32 Å². The van der Waals surface area contributed by atoms with Crippen LogP contribution < -0.4 is 10.2 Å². The first kappa shape index (κ1) is 14.7. The van der Waals surface area contributed by atoms with Gasteiger partial charge in [0.15, 0.2) is 0 Å². The van der Waals surface area contributed by atoms with E-state index >= 15 is 0 Å². The summed E-state index contributed by atoms with van der Waals surface area (Å²) in [6.07, 6.45) is 5.11. The zero-order chi connectivity index (χ0) is 13.7. The number of anilines is 1. The summed E-state index contributed by atoms with van der Waals surface area (Å²) in [5.41, 5.74) is 2.49. The zero-order valence-electron chi connectivity index (χ0n) is 12.1. The quantitative estimate of drug-likeness (QED) is 0.767. The van der Waals surface area contributed by atoms with Crippen molar-refractivity contribution >= 4 is 17.3 Å². The average Bonchev–Trinajstić information content (AvgIpc) is 3.23. The Morgan fingerprint density at radius 3 is 2.68 bits per heavy atom. The molecule has 0 radical (unpaired) electrons. The molecule has 0 aromatic heterocycles. The molecule has 1 saturated carbocycles. The van der Waals surface area contributed by atoms with Crippen molar-refractivity contribution in [1.29, 1.82) is 0 Å². The molecule has 1 aromatic carbocycles. The predicted molar refractivity (Wildman–Crippen MR) is 84.1 cm³/mol. The molecule has 0 aliphatic heterocycles. The second kappa shape index (κ2) is 7.16. The summed E-state index contributed by atoms with van der Waals surface area (Å²) in [6, 6.07) is 7.23. The molecule has 1 fully saturated rings. The standard InChI is InChI=1S/C16H25ClN2/c1-3-5-10-19(14-7-8-14)16-9-6-13(11-15(16)17)12-18-4-2/h6,9,11,14,18H,3-5,7-8,10,12H2,1-2H3. The maximum absolute atomic E-state index is 6.48. The lowest BCUT2D eigenvalue weighted by atomic mass is 10.1. The lowest BCUT2D eigenvalue weighted by Crippen LogP contribution is -2.27. The van der Waals surface area contributed by atoms with Gasteiger partial charge < -0.3 is 10.2 Å². The summed E-state index contributed by atoms with van der Waals surface area (Å²) in [6.45, 7) is 7.38. The van der Waals surface area contributed by atoms with Gasteiger partial charge in [0.2, 0.25) is 0 Å². The Morgan fingerprint density at radius 2 is 2.11 bits per heavy atom. The van der Waals surface area contributed by atoms with Crippen molar-refractivity contribution in [3.8, 4) is 0 Å². The summed E-state index contributed by atoms with van der Waals surface area (Å²) < 4.78 is 0. The van der Waals surface area contributed by atoms with Crippen LogP contribution in [0.5, 0.6) is 0 Å². The number of benzene rings is 1. The minimum atomic E-state index is 0.726. The van der Waals surface area contributed by atoms with Crippen LogP contribution in [-0.4, -0.2) is 19.1 Å². The molecule has 0 bridgehead atoms. The number of nitrogens with one attached hydrogen (secondary N) is 1. The maximum atomic E-state index is 6.48. The molecule has 19 heavy (non-hydrogen) atoms. The Balaban J connectivity index is 2.08. The molecule has 0 saturated heterocycles. The van der Waals surface area contributed by atoms with Crippen molar-refractivity contribution in [2.45, 2.75) is 52.1 Å². The van der Waals surface area contributed by atoms with E-state index in [-0.39, 0.29) is 0 Å². The molecule has 0 atom stereocenters. The van der Waals surface area contributed by atoms with Crippen LogP contribution in [0.25, 0.3) is 0 Å². The van der Waals surface area contributed by atoms with Crippen LogP contribution in [0.15, 0.2) is 18.2 Å². The van der Waals surface area contributed by atoms with E-state index in [9.17, 15) is 0 Å². The Morgan fingerprint density at radius 1 is 1.32 bits per heavy atom. The summed E-state index contributed by atoms with van der Waals surface area (Å²) in [7, 11) is 0. The molecule has 0 unspecified atom stereocenters. The van der Waals surface area contributed by atoms with Crippen LogP contribution in [0.1, 0.15) is 45.1 Å². The summed E-state index contributed by atoms with van der Waals surface area (Å²) in [4.78, 5) is 2.50. The van der Waals surface area contributed by atoms with Gasteiger partial charge in [-0.25, -0.2) is 0 Å². The third-order valence-corrected chi connectivity index (χ3v) is 3.94. The van der Waals surface area contributed by atoms with Crippen molar-refractivity contribution in [2.24, 2.45) is 0 Å². The third kappa shape index (κ3) is 4.12. The molecule has 1 N–H and O–H groups in total. The fourth-order valence-electron chi connectivity index (χ4n) is 2.38. The summed E-state index contributed by atoms with van der Waals surface area (Å²) in [5.74, 6) is 0. The van der Waals surface area contributed by atoms with Crippen LogP contribution in [0, 0.1) is 0 Å². The number of nitrogens with zero attached hydrogens (tertiary/aromatic N) is 1. The third-order valence-electron chi connectivity index (χ3n) is 3.64. The second-order valence-electron chi connectivity index (χ2n) is 5.34. The Labute approximate surface area is 122 Å². The number of halogens is 1. The normalized spacial score (nSPS) is 14.7. The first-order chi connectivity index (χ1) is 9.26. The van der Waals surface area contributed by atoms with Gasteiger partial charge in [0, 0.05) is 19.1 Å². The van der Waals surface area contributed by atoms with Gasteiger partial charge in [-0.05, 0) is 43.5 Å². The van der Waals surface area contributed by atoms with Gasteiger partial charge in [-0.2, -0.15) is 0 Å². The van der Waals surface area contributed by atoms with Gasteiger partial charge in [0.05, 0.1) is 10.7 Å². The van der Waals surface area contributed by atoms with Gasteiger partial charge in [-0.15, -0.1) is 0 Å². The van der Waals surface area contributed by atoms with E-state index in [1.165, 1.54) is 36.9 Å². The predicted octanol–water partition coefficient (Wildman–Crippen LogP) is 4.22. The van der Waals surface area contributed by atoms with Crippen LogP contribution in [0.4, 0.5) is 5.69 Å². The van der Waals surface area contributed by atoms with E-state index in [0.29, 0.717) is 0 Å². The van der Waals surface area contributed by atoms with E-state index < -0.39 is 0 Å². The Kier molecular flexibility index (Phi) is 5.53. The van der Waals surface area contributed by atoms with Gasteiger partial charge >= 0.3 is 0 Å². The highest BCUT2D eigenvalue weighted by Gasteiger charge is 2.29. The molecule has 2 rings (SSSR count). The van der Waals surface area contributed by atoms with Gasteiger partial charge in [-0.3, -0.25) is 0 Å². The van der Waals surface area contributed by atoms with E-state index in [0.717, 1.165) is 30.7 Å². The fraction of sp³-hybridized carbons (Fsp3) is 0.625. The Bertz CT molecular complexity index is 402. The van der Waals surface area contributed by atoms with Gasteiger partial charge in [0.25, 0.3) is 0 Å². The second-order valence-corrected chi connectivity index (χ2v) is 5.75. The van der Waals surface area contributed by atoms with Crippen LogP contribution in [0.2, 0.25) is 5.02 Å². The van der Waals surface area contributed by atoms with E-state index in [2.05, 4.69) is 42.3 Å². The Hall–Kier alpha value is -0.730. The molecule has 3 heteroatoms. The number of rotatable bonds is 8. The maximum Gasteiger partial charge on any atom is 0.0642 e. The largest absolute Gasteiger partial charge is 0.367 e. The minimum Gasteiger partial charge on any atom is -0.367 e. The highest BCUT2D eigenvalue weighted by Crippen LogP contribution is 2.36. The molecular weight excluding hydrogens is 256 g/mol. The first-order valence-electron chi connectivity index (χ1n) is 7.52. The topological polar surface area (TPSA) is 15.3 Å². The lowest BCUT2D eigenvalue weighted by Gasteiger charge is -2.26. The SMILES string of the molecule is CCCCN(c1ccc(CNCC)cc1Cl)C1CC1. The number of hydrogen-bond donors (Lipinski definition) is 1. The van der Waals surface area contributed by atoms with Crippen LogP contribution in [-0.2, 0) is 6.54 Å². The van der Waals surface area contributed by atoms with Crippen molar-refractivity contribution in [3.05, 3.63) is 28.8 Å². The monoisotopic (exact) mass is 280 g/mol. The highest BCUT2D eigenvalue weighted by atomic mass is 35.5. The zero-order valence-corrected chi connectivity index (χ0v) is 12.8.